The van der Waals surface area contributed by atoms with Crippen molar-refractivity contribution < 1.29 is 9.90 Å². The Balaban J connectivity index is 2.92. The van der Waals surface area contributed by atoms with E-state index in [1.54, 1.807) is 0 Å². The highest BCUT2D eigenvalue weighted by atomic mass is 16.4. The minimum atomic E-state index is -0.771. The molecule has 0 rings (SSSR count). The fraction of sp³-hybridized carbons (Fsp3) is 0.714. The molecule has 0 bridgehead atoms. The molecule has 0 amide bonds. The molecule has 11 heavy (non-hydrogen) atoms. The van der Waals surface area contributed by atoms with Gasteiger partial charge in [0.25, 0.3) is 0 Å². The quantitative estimate of drug-likeness (QED) is 0.544. The Morgan fingerprint density at radius 1 is 1.55 bits per heavy atom. The Hall–Kier alpha value is -1.08. The van der Waals surface area contributed by atoms with E-state index in [-0.39, 0.29) is 6.42 Å². The Morgan fingerprint density at radius 2 is 2.27 bits per heavy atom. The van der Waals surface area contributed by atoms with Crippen molar-refractivity contribution in [2.45, 2.75) is 19.3 Å². The monoisotopic (exact) mass is 156 g/mol. The van der Waals surface area contributed by atoms with Crippen LogP contribution >= 0.6 is 0 Å². The lowest BCUT2D eigenvalue weighted by molar-refractivity contribution is -0.137. The van der Waals surface area contributed by atoms with Crippen LogP contribution in [0, 0.1) is 11.3 Å². The number of hydrogen-bond donors (Lipinski definition) is 2. The first-order valence-electron chi connectivity index (χ1n) is 3.57. The summed E-state index contributed by atoms with van der Waals surface area (Å²) in [6.07, 6.45) is 1.30. The lowest BCUT2D eigenvalue weighted by Crippen LogP contribution is -2.17. The van der Waals surface area contributed by atoms with Gasteiger partial charge >= 0.3 is 5.97 Å². The van der Waals surface area contributed by atoms with Crippen molar-refractivity contribution in [2.24, 2.45) is 0 Å². The zero-order valence-electron chi connectivity index (χ0n) is 6.34. The Kier molecular flexibility index (Phi) is 6.34. The fourth-order valence-electron chi connectivity index (χ4n) is 0.634. The van der Waals surface area contributed by atoms with Crippen LogP contribution in [-0.2, 0) is 4.79 Å². The molecule has 0 atom stereocenters. The zero-order chi connectivity index (χ0) is 8.53. The molecular weight excluding hydrogens is 144 g/mol. The molecule has 4 heteroatoms. The van der Waals surface area contributed by atoms with Gasteiger partial charge in [-0.2, -0.15) is 5.26 Å². The number of carbonyl (C=O) groups is 1. The van der Waals surface area contributed by atoms with E-state index in [2.05, 4.69) is 5.32 Å². The summed E-state index contributed by atoms with van der Waals surface area (Å²) in [5.74, 6) is -0.771. The van der Waals surface area contributed by atoms with Gasteiger partial charge in [0, 0.05) is 19.4 Å². The number of carboxylic acid groups (broad SMARTS) is 1. The third kappa shape index (κ3) is 8.92. The molecule has 0 aliphatic carbocycles. The van der Waals surface area contributed by atoms with Crippen molar-refractivity contribution in [1.29, 1.82) is 5.26 Å². The topological polar surface area (TPSA) is 73.1 Å². The van der Waals surface area contributed by atoms with Gasteiger partial charge in [0.1, 0.15) is 0 Å². The first kappa shape index (κ1) is 9.92. The fourth-order valence-corrected chi connectivity index (χ4v) is 0.634. The van der Waals surface area contributed by atoms with Gasteiger partial charge in [-0.25, -0.2) is 0 Å². The van der Waals surface area contributed by atoms with Crippen LogP contribution in [0.2, 0.25) is 0 Å². The van der Waals surface area contributed by atoms with E-state index in [9.17, 15) is 4.79 Å². The summed E-state index contributed by atoms with van der Waals surface area (Å²) in [5.41, 5.74) is 0. The van der Waals surface area contributed by atoms with Crippen LogP contribution < -0.4 is 5.32 Å². The minimum absolute atomic E-state index is 0.194. The van der Waals surface area contributed by atoms with Crippen LogP contribution in [0.4, 0.5) is 0 Å². The largest absolute Gasteiger partial charge is 0.481 e. The average Bonchev–Trinajstić information content (AvgIpc) is 1.96. The molecule has 4 nitrogen and oxygen atoms in total. The molecule has 0 heterocycles. The molecule has 0 aromatic rings. The maximum Gasteiger partial charge on any atom is 0.303 e. The van der Waals surface area contributed by atoms with E-state index in [0.717, 1.165) is 0 Å². The highest BCUT2D eigenvalue weighted by Gasteiger charge is 1.94. The summed E-state index contributed by atoms with van der Waals surface area (Å²) in [4.78, 5) is 10.0. The van der Waals surface area contributed by atoms with Crippen LogP contribution in [0.25, 0.3) is 0 Å². The van der Waals surface area contributed by atoms with E-state index in [1.807, 2.05) is 6.07 Å². The number of nitriles is 1. The summed E-state index contributed by atoms with van der Waals surface area (Å²) < 4.78 is 0. The van der Waals surface area contributed by atoms with Crippen molar-refractivity contribution in [3.63, 3.8) is 0 Å². The molecule has 0 fully saturated rings. The summed E-state index contributed by atoms with van der Waals surface area (Å²) in [5, 5.41) is 19.3. The molecule has 0 saturated heterocycles. The van der Waals surface area contributed by atoms with Crippen LogP contribution in [-0.4, -0.2) is 24.2 Å². The van der Waals surface area contributed by atoms with Gasteiger partial charge in [-0.05, 0) is 13.0 Å². The van der Waals surface area contributed by atoms with Gasteiger partial charge in [0.2, 0.25) is 0 Å². The molecule has 2 N–H and O–H groups in total. The molecule has 0 aliphatic heterocycles. The zero-order valence-corrected chi connectivity index (χ0v) is 6.34. The van der Waals surface area contributed by atoms with Crippen molar-refractivity contribution in [3.8, 4) is 6.07 Å². The summed E-state index contributed by atoms with van der Waals surface area (Å²) >= 11 is 0. The highest BCUT2D eigenvalue weighted by Crippen LogP contribution is 1.85. The van der Waals surface area contributed by atoms with Crippen LogP contribution in [0.15, 0.2) is 0 Å². The number of rotatable bonds is 6. The second-order valence-corrected chi connectivity index (χ2v) is 2.16. The molecule has 0 aromatic carbocycles. The summed E-state index contributed by atoms with van der Waals surface area (Å²) in [6.45, 7) is 1.32. The van der Waals surface area contributed by atoms with Crippen molar-refractivity contribution in [2.75, 3.05) is 13.1 Å². The van der Waals surface area contributed by atoms with Gasteiger partial charge in [-0.1, -0.05) is 0 Å². The van der Waals surface area contributed by atoms with Crippen LogP contribution in [0.1, 0.15) is 19.3 Å². The normalized spacial score (nSPS) is 9.00. The summed E-state index contributed by atoms with van der Waals surface area (Å²) in [6, 6.07) is 1.99. The number of hydrogen-bond acceptors (Lipinski definition) is 3. The average molecular weight is 156 g/mol. The lowest BCUT2D eigenvalue weighted by Gasteiger charge is -1.98. The van der Waals surface area contributed by atoms with E-state index < -0.39 is 5.97 Å². The minimum Gasteiger partial charge on any atom is -0.481 e. The maximum absolute atomic E-state index is 10.0. The number of aliphatic carboxylic acids is 1. The Bertz CT molecular complexity index is 151. The van der Waals surface area contributed by atoms with Gasteiger partial charge < -0.3 is 10.4 Å². The predicted octanol–water partition coefficient (Wildman–Crippen LogP) is 0.354. The van der Waals surface area contributed by atoms with Crippen molar-refractivity contribution in [3.05, 3.63) is 0 Å². The van der Waals surface area contributed by atoms with Crippen molar-refractivity contribution >= 4 is 5.97 Å². The third-order valence-electron chi connectivity index (χ3n) is 1.16. The third-order valence-corrected chi connectivity index (χ3v) is 1.16. The second kappa shape index (κ2) is 7.03. The lowest BCUT2D eigenvalue weighted by atomic mass is 10.3. The Morgan fingerprint density at radius 3 is 2.82 bits per heavy atom. The molecule has 62 valence electrons. The Labute approximate surface area is 65.8 Å². The maximum atomic E-state index is 10.0. The second-order valence-electron chi connectivity index (χ2n) is 2.16. The molecule has 0 aliphatic rings. The molecule has 0 aromatic heterocycles. The first-order valence-corrected chi connectivity index (χ1v) is 3.57. The van der Waals surface area contributed by atoms with Gasteiger partial charge in [0.15, 0.2) is 0 Å². The molecule has 0 radical (unpaired) electrons. The number of nitrogens with zero attached hydrogens (tertiary/aromatic N) is 1. The SMILES string of the molecule is N#CCCNCCCC(=O)O. The highest BCUT2D eigenvalue weighted by molar-refractivity contribution is 5.66. The van der Waals surface area contributed by atoms with Crippen LogP contribution in [0.5, 0.6) is 0 Å². The van der Waals surface area contributed by atoms with Gasteiger partial charge in [-0.15, -0.1) is 0 Å². The standard InChI is InChI=1S/C7H12N2O2/c8-4-2-6-9-5-1-3-7(10)11/h9H,1-3,5-6H2,(H,10,11). The van der Waals surface area contributed by atoms with E-state index >= 15 is 0 Å². The predicted molar refractivity (Wildman–Crippen MR) is 40.0 cm³/mol. The van der Waals surface area contributed by atoms with E-state index in [0.29, 0.717) is 25.9 Å². The first-order chi connectivity index (χ1) is 5.27. The van der Waals surface area contributed by atoms with E-state index in [1.165, 1.54) is 0 Å². The van der Waals surface area contributed by atoms with Gasteiger partial charge in [-0.3, -0.25) is 4.79 Å². The van der Waals surface area contributed by atoms with Gasteiger partial charge in [0.05, 0.1) is 6.07 Å². The van der Waals surface area contributed by atoms with Crippen molar-refractivity contribution in [1.82, 2.24) is 5.32 Å². The molecule has 0 unspecified atom stereocenters. The van der Waals surface area contributed by atoms with E-state index in [4.69, 9.17) is 10.4 Å². The number of nitrogens with one attached hydrogen (secondary N) is 1. The van der Waals surface area contributed by atoms with Crippen LogP contribution in [0.3, 0.4) is 0 Å². The smallest absolute Gasteiger partial charge is 0.303 e. The summed E-state index contributed by atoms with van der Waals surface area (Å²) in [7, 11) is 0. The molecule has 0 spiro atoms. The molecule has 0 saturated carbocycles. The molecular formula is C7H12N2O2. The number of carboxylic acids is 1.